The van der Waals surface area contributed by atoms with E-state index in [9.17, 15) is 9.59 Å². The average molecular weight is 373 g/mol. The van der Waals surface area contributed by atoms with Crippen molar-refractivity contribution < 1.29 is 18.7 Å². The predicted molar refractivity (Wildman–Crippen MR) is 98.6 cm³/mol. The van der Waals surface area contributed by atoms with Gasteiger partial charge >= 0.3 is 11.6 Å². The van der Waals surface area contributed by atoms with E-state index in [4.69, 9.17) is 25.5 Å². The molecule has 0 aliphatic heterocycles. The van der Waals surface area contributed by atoms with Crippen molar-refractivity contribution in [2.75, 3.05) is 6.61 Å². The van der Waals surface area contributed by atoms with Crippen LogP contribution in [-0.4, -0.2) is 12.6 Å². The van der Waals surface area contributed by atoms with Gasteiger partial charge in [-0.3, -0.25) is 0 Å². The Bertz CT molecular complexity index is 993. The molecule has 6 heteroatoms. The van der Waals surface area contributed by atoms with Crippen LogP contribution in [0.5, 0.6) is 5.75 Å². The van der Waals surface area contributed by atoms with E-state index in [-0.39, 0.29) is 13.2 Å². The van der Waals surface area contributed by atoms with Crippen molar-refractivity contribution in [1.82, 2.24) is 0 Å². The summed E-state index contributed by atoms with van der Waals surface area (Å²) in [5, 5.41) is 1.15. The zero-order chi connectivity index (χ0) is 18.5. The average Bonchev–Trinajstić information content (AvgIpc) is 2.64. The smallest absolute Gasteiger partial charge is 0.344 e. The van der Waals surface area contributed by atoms with Crippen molar-refractivity contribution in [2.45, 2.75) is 20.0 Å². The lowest BCUT2D eigenvalue weighted by Gasteiger charge is -2.09. The van der Waals surface area contributed by atoms with Crippen LogP contribution in [0.25, 0.3) is 11.0 Å². The van der Waals surface area contributed by atoms with Crippen molar-refractivity contribution in [1.29, 1.82) is 0 Å². The van der Waals surface area contributed by atoms with Gasteiger partial charge in [0.15, 0.2) is 6.61 Å². The molecule has 0 aliphatic rings. The Morgan fingerprint density at radius 2 is 1.96 bits per heavy atom. The molecule has 0 radical (unpaired) electrons. The molecule has 26 heavy (non-hydrogen) atoms. The molecule has 1 aromatic heterocycles. The molecule has 1 heterocycles. The third kappa shape index (κ3) is 4.24. The molecule has 0 saturated heterocycles. The lowest BCUT2D eigenvalue weighted by Crippen LogP contribution is -2.15. The van der Waals surface area contributed by atoms with E-state index in [2.05, 4.69) is 0 Å². The summed E-state index contributed by atoms with van der Waals surface area (Å²) in [6, 6.07) is 13.8. The molecule has 3 aromatic rings. The highest BCUT2D eigenvalue weighted by molar-refractivity contribution is 6.32. The van der Waals surface area contributed by atoms with Crippen molar-refractivity contribution in [3.8, 4) is 5.75 Å². The summed E-state index contributed by atoms with van der Waals surface area (Å²) in [4.78, 5) is 23.7. The molecule has 0 atom stereocenters. The second-order valence-electron chi connectivity index (χ2n) is 5.65. The van der Waals surface area contributed by atoms with E-state index in [1.807, 2.05) is 25.1 Å². The molecule has 0 fully saturated rings. The highest BCUT2D eigenvalue weighted by Gasteiger charge is 2.11. The highest BCUT2D eigenvalue weighted by atomic mass is 35.5. The van der Waals surface area contributed by atoms with Crippen molar-refractivity contribution >= 4 is 28.5 Å². The molecule has 0 aliphatic carbocycles. The van der Waals surface area contributed by atoms with Crippen molar-refractivity contribution in [3.63, 3.8) is 0 Å². The summed E-state index contributed by atoms with van der Waals surface area (Å²) in [6.45, 7) is 1.70. The van der Waals surface area contributed by atoms with Crippen LogP contribution in [0.1, 0.15) is 18.1 Å². The van der Waals surface area contributed by atoms with Crippen LogP contribution < -0.4 is 10.4 Å². The van der Waals surface area contributed by atoms with E-state index in [0.717, 1.165) is 17.4 Å². The fourth-order valence-electron chi connectivity index (χ4n) is 2.51. The first-order chi connectivity index (χ1) is 12.6. The Morgan fingerprint density at radius 3 is 2.73 bits per heavy atom. The van der Waals surface area contributed by atoms with Gasteiger partial charge in [0.1, 0.15) is 17.9 Å². The van der Waals surface area contributed by atoms with Gasteiger partial charge in [0, 0.05) is 17.0 Å². The number of para-hydroxylation sites is 1. The van der Waals surface area contributed by atoms with E-state index >= 15 is 0 Å². The molecule has 0 bridgehead atoms. The van der Waals surface area contributed by atoms with Gasteiger partial charge in [-0.25, -0.2) is 9.59 Å². The van der Waals surface area contributed by atoms with Crippen LogP contribution in [0.3, 0.4) is 0 Å². The van der Waals surface area contributed by atoms with Gasteiger partial charge in [-0.05, 0) is 30.2 Å². The normalized spacial score (nSPS) is 10.7. The fraction of sp³-hybridized carbons (Fsp3) is 0.200. The summed E-state index contributed by atoms with van der Waals surface area (Å²) in [5.41, 5.74) is 1.65. The molecule has 0 unspecified atom stereocenters. The number of carbonyl (C=O) groups excluding carboxylic acids is 1. The second-order valence-corrected chi connectivity index (χ2v) is 6.06. The van der Waals surface area contributed by atoms with Crippen LogP contribution in [0.2, 0.25) is 5.02 Å². The minimum Gasteiger partial charge on any atom is -0.480 e. The molecule has 2 aromatic carbocycles. The molecule has 0 spiro atoms. The Balaban J connectivity index is 1.68. The van der Waals surface area contributed by atoms with Crippen molar-refractivity contribution in [2.24, 2.45) is 0 Å². The Morgan fingerprint density at radius 1 is 1.15 bits per heavy atom. The van der Waals surface area contributed by atoms with Crippen LogP contribution in [-0.2, 0) is 22.6 Å². The monoisotopic (exact) mass is 372 g/mol. The number of esters is 1. The van der Waals surface area contributed by atoms with E-state index in [0.29, 0.717) is 21.9 Å². The van der Waals surface area contributed by atoms with Crippen LogP contribution in [0.15, 0.2) is 57.7 Å². The Labute approximate surface area is 155 Å². The standard InChI is InChI=1S/C20H17ClO5/c1-2-13-7-8-15-14(10-19(22)26-18(15)9-13)11-25-20(23)12-24-17-6-4-3-5-16(17)21/h3-10H,2,11-12H2,1H3. The molecular weight excluding hydrogens is 356 g/mol. The first kappa shape index (κ1) is 18.0. The van der Waals surface area contributed by atoms with Gasteiger partial charge < -0.3 is 13.9 Å². The summed E-state index contributed by atoms with van der Waals surface area (Å²) in [5.74, 6) is -0.152. The molecule has 134 valence electrons. The number of aryl methyl sites for hydroxylation is 1. The second kappa shape index (κ2) is 8.06. The maximum atomic E-state index is 11.9. The number of hydrogen-bond donors (Lipinski definition) is 0. The number of rotatable bonds is 6. The van der Waals surface area contributed by atoms with Crippen molar-refractivity contribution in [3.05, 3.63) is 75.1 Å². The molecule has 3 rings (SSSR count). The maximum absolute atomic E-state index is 11.9. The fourth-order valence-corrected chi connectivity index (χ4v) is 2.70. The first-order valence-electron chi connectivity index (χ1n) is 8.15. The van der Waals surface area contributed by atoms with E-state index in [1.165, 1.54) is 6.07 Å². The number of benzene rings is 2. The van der Waals surface area contributed by atoms with Crippen LogP contribution in [0.4, 0.5) is 0 Å². The SMILES string of the molecule is CCc1ccc2c(COC(=O)COc3ccccc3Cl)cc(=O)oc2c1. The zero-order valence-corrected chi connectivity index (χ0v) is 14.9. The summed E-state index contributed by atoms with van der Waals surface area (Å²) in [7, 11) is 0. The van der Waals surface area contributed by atoms with Gasteiger partial charge in [-0.15, -0.1) is 0 Å². The van der Waals surface area contributed by atoms with Crippen LogP contribution >= 0.6 is 11.6 Å². The quantitative estimate of drug-likeness (QED) is 0.480. The lowest BCUT2D eigenvalue weighted by molar-refractivity contribution is -0.147. The summed E-state index contributed by atoms with van der Waals surface area (Å²) < 4.78 is 15.8. The predicted octanol–water partition coefficient (Wildman–Crippen LogP) is 4.13. The molecule has 0 amide bonds. The minimum absolute atomic E-state index is 0.0434. The van der Waals surface area contributed by atoms with Gasteiger partial charge in [-0.2, -0.15) is 0 Å². The molecular formula is C20H17ClO5. The maximum Gasteiger partial charge on any atom is 0.344 e. The topological polar surface area (TPSA) is 65.7 Å². The Hall–Kier alpha value is -2.79. The zero-order valence-electron chi connectivity index (χ0n) is 14.2. The summed E-state index contributed by atoms with van der Waals surface area (Å²) in [6.07, 6.45) is 0.832. The summed E-state index contributed by atoms with van der Waals surface area (Å²) >= 11 is 5.97. The third-order valence-corrected chi connectivity index (χ3v) is 4.19. The van der Waals surface area contributed by atoms with Crippen LogP contribution in [0, 0.1) is 0 Å². The Kier molecular flexibility index (Phi) is 5.58. The number of fused-ring (bicyclic) bond motifs is 1. The lowest BCUT2D eigenvalue weighted by atomic mass is 10.1. The minimum atomic E-state index is -0.559. The third-order valence-electron chi connectivity index (χ3n) is 3.87. The number of halogens is 1. The number of carbonyl (C=O) groups is 1. The molecule has 0 saturated carbocycles. The first-order valence-corrected chi connectivity index (χ1v) is 8.53. The van der Waals surface area contributed by atoms with Gasteiger partial charge in [0.2, 0.25) is 0 Å². The number of hydrogen-bond acceptors (Lipinski definition) is 5. The van der Waals surface area contributed by atoms with Gasteiger partial charge in [-0.1, -0.05) is 42.8 Å². The molecule has 5 nitrogen and oxygen atoms in total. The van der Waals surface area contributed by atoms with E-state index in [1.54, 1.807) is 24.3 Å². The van der Waals surface area contributed by atoms with Gasteiger partial charge in [0.05, 0.1) is 5.02 Å². The van der Waals surface area contributed by atoms with E-state index < -0.39 is 11.6 Å². The largest absolute Gasteiger partial charge is 0.480 e. The number of ether oxygens (including phenoxy) is 2. The highest BCUT2D eigenvalue weighted by Crippen LogP contribution is 2.23. The molecule has 0 N–H and O–H groups in total. The van der Waals surface area contributed by atoms with Gasteiger partial charge in [0.25, 0.3) is 0 Å².